The molecule has 0 saturated heterocycles. The number of pyridine rings is 1. The van der Waals surface area contributed by atoms with E-state index in [2.05, 4.69) is 36.2 Å². The van der Waals surface area contributed by atoms with Crippen LogP contribution in [-0.4, -0.2) is 9.38 Å². The molecule has 2 rings (SSSR count). The first kappa shape index (κ1) is 11.1. The number of nitrogens with zero attached hydrogens (tertiary/aromatic N) is 2. The van der Waals surface area contributed by atoms with E-state index in [1.807, 2.05) is 18.3 Å². The third kappa shape index (κ3) is 1.95. The summed E-state index contributed by atoms with van der Waals surface area (Å²) in [7, 11) is 0. The predicted octanol–water partition coefficient (Wildman–Crippen LogP) is 2.69. The molecule has 16 heavy (non-hydrogen) atoms. The molecular weight excluding hydrogens is 198 g/mol. The van der Waals surface area contributed by atoms with E-state index < -0.39 is 0 Å². The van der Waals surface area contributed by atoms with Gasteiger partial charge in [0.05, 0.1) is 11.9 Å². The molecule has 0 spiro atoms. The molecular formula is C13H19N3. The zero-order valence-electron chi connectivity index (χ0n) is 10.1. The van der Waals surface area contributed by atoms with Crippen molar-refractivity contribution in [3.63, 3.8) is 0 Å². The van der Waals surface area contributed by atoms with Crippen LogP contribution in [0.2, 0.25) is 0 Å². The first-order valence-electron chi connectivity index (χ1n) is 5.78. The molecule has 2 N–H and O–H groups in total. The summed E-state index contributed by atoms with van der Waals surface area (Å²) >= 11 is 0. The molecule has 86 valence electrons. The van der Waals surface area contributed by atoms with E-state index in [-0.39, 0.29) is 6.04 Å². The highest BCUT2D eigenvalue weighted by molar-refractivity contribution is 5.42. The Morgan fingerprint density at radius 3 is 2.81 bits per heavy atom. The van der Waals surface area contributed by atoms with Gasteiger partial charge in [0.1, 0.15) is 5.65 Å². The summed E-state index contributed by atoms with van der Waals surface area (Å²) in [6, 6.07) is 6.19. The first-order valence-corrected chi connectivity index (χ1v) is 5.78. The summed E-state index contributed by atoms with van der Waals surface area (Å²) in [5, 5.41) is 0. The lowest BCUT2D eigenvalue weighted by Crippen LogP contribution is -2.15. The van der Waals surface area contributed by atoms with Crippen molar-refractivity contribution in [2.24, 2.45) is 11.7 Å². The average molecular weight is 217 g/mol. The second-order valence-corrected chi connectivity index (χ2v) is 4.78. The minimum Gasteiger partial charge on any atom is -0.323 e. The van der Waals surface area contributed by atoms with E-state index >= 15 is 0 Å². The number of fused-ring (bicyclic) bond motifs is 1. The van der Waals surface area contributed by atoms with Crippen LogP contribution in [0, 0.1) is 12.8 Å². The lowest BCUT2D eigenvalue weighted by molar-refractivity contribution is 0.499. The summed E-state index contributed by atoms with van der Waals surface area (Å²) in [6.45, 7) is 6.46. The van der Waals surface area contributed by atoms with Gasteiger partial charge < -0.3 is 5.73 Å². The van der Waals surface area contributed by atoms with Gasteiger partial charge in [0.25, 0.3) is 0 Å². The van der Waals surface area contributed by atoms with Crippen LogP contribution in [0.3, 0.4) is 0 Å². The molecule has 0 aliphatic rings. The second-order valence-electron chi connectivity index (χ2n) is 4.78. The molecule has 0 radical (unpaired) electrons. The molecule has 1 atom stereocenters. The molecule has 0 bridgehead atoms. The molecule has 2 heterocycles. The Labute approximate surface area is 96.3 Å². The molecule has 2 aromatic heterocycles. The largest absolute Gasteiger partial charge is 0.323 e. The summed E-state index contributed by atoms with van der Waals surface area (Å²) in [4.78, 5) is 4.39. The monoisotopic (exact) mass is 217 g/mol. The number of imidazole rings is 1. The van der Waals surface area contributed by atoms with Gasteiger partial charge >= 0.3 is 0 Å². The maximum Gasteiger partial charge on any atom is 0.137 e. The topological polar surface area (TPSA) is 43.3 Å². The van der Waals surface area contributed by atoms with Crippen LogP contribution in [0.15, 0.2) is 24.4 Å². The van der Waals surface area contributed by atoms with E-state index in [0.29, 0.717) is 5.92 Å². The number of aryl methyl sites for hydroxylation is 1. The van der Waals surface area contributed by atoms with E-state index in [9.17, 15) is 0 Å². The van der Waals surface area contributed by atoms with Gasteiger partial charge in [-0.05, 0) is 31.4 Å². The number of hydrogen-bond donors (Lipinski definition) is 1. The number of aromatic nitrogens is 2. The molecule has 0 saturated carbocycles. The Morgan fingerprint density at radius 2 is 2.12 bits per heavy atom. The maximum absolute atomic E-state index is 6.21. The van der Waals surface area contributed by atoms with Crippen LogP contribution in [-0.2, 0) is 0 Å². The van der Waals surface area contributed by atoms with Gasteiger partial charge in [0.2, 0.25) is 0 Å². The summed E-state index contributed by atoms with van der Waals surface area (Å²) < 4.78 is 2.15. The molecule has 3 heteroatoms. The van der Waals surface area contributed by atoms with Gasteiger partial charge in [0.15, 0.2) is 0 Å². The maximum atomic E-state index is 6.21. The van der Waals surface area contributed by atoms with Gasteiger partial charge in [-0.15, -0.1) is 0 Å². The molecule has 1 unspecified atom stereocenters. The third-order valence-corrected chi connectivity index (χ3v) is 2.86. The Kier molecular flexibility index (Phi) is 2.97. The Hall–Kier alpha value is -1.35. The molecule has 0 aliphatic carbocycles. The van der Waals surface area contributed by atoms with Crippen LogP contribution < -0.4 is 5.73 Å². The highest BCUT2D eigenvalue weighted by atomic mass is 15.0. The Morgan fingerprint density at radius 1 is 1.38 bits per heavy atom. The van der Waals surface area contributed by atoms with E-state index in [1.54, 1.807) is 0 Å². The highest BCUT2D eigenvalue weighted by Crippen LogP contribution is 2.21. The zero-order chi connectivity index (χ0) is 11.7. The lowest BCUT2D eigenvalue weighted by atomic mass is 10.0. The quantitative estimate of drug-likeness (QED) is 0.859. The summed E-state index contributed by atoms with van der Waals surface area (Å²) in [5.41, 5.74) is 9.49. The zero-order valence-corrected chi connectivity index (χ0v) is 10.1. The molecule has 2 aromatic rings. The van der Waals surface area contributed by atoms with Crippen molar-refractivity contribution in [3.05, 3.63) is 35.8 Å². The van der Waals surface area contributed by atoms with Crippen LogP contribution in [0.4, 0.5) is 0 Å². The van der Waals surface area contributed by atoms with E-state index in [4.69, 9.17) is 5.73 Å². The van der Waals surface area contributed by atoms with Gasteiger partial charge in [-0.2, -0.15) is 0 Å². The fraction of sp³-hybridized carbons (Fsp3) is 0.462. The molecule has 3 nitrogen and oxygen atoms in total. The average Bonchev–Trinajstić information content (AvgIpc) is 2.61. The van der Waals surface area contributed by atoms with Crippen molar-refractivity contribution in [3.8, 4) is 0 Å². The van der Waals surface area contributed by atoms with Gasteiger partial charge in [0, 0.05) is 11.7 Å². The van der Waals surface area contributed by atoms with Crippen molar-refractivity contribution in [2.45, 2.75) is 33.2 Å². The second kappa shape index (κ2) is 4.26. The van der Waals surface area contributed by atoms with Crippen molar-refractivity contribution < 1.29 is 0 Å². The van der Waals surface area contributed by atoms with Gasteiger partial charge in [-0.1, -0.05) is 19.9 Å². The summed E-state index contributed by atoms with van der Waals surface area (Å²) in [6.07, 6.45) is 2.89. The normalized spacial score (nSPS) is 13.6. The number of rotatable bonds is 3. The predicted molar refractivity (Wildman–Crippen MR) is 66.3 cm³/mol. The Bertz CT molecular complexity index is 485. The minimum absolute atomic E-state index is 0.0658. The van der Waals surface area contributed by atoms with Crippen molar-refractivity contribution in [1.82, 2.24) is 9.38 Å². The first-order chi connectivity index (χ1) is 7.59. The van der Waals surface area contributed by atoms with E-state index in [0.717, 1.165) is 17.8 Å². The number of nitrogens with two attached hydrogens (primary N) is 1. The van der Waals surface area contributed by atoms with Crippen molar-refractivity contribution in [2.75, 3.05) is 0 Å². The van der Waals surface area contributed by atoms with Crippen LogP contribution in [0.1, 0.15) is 37.7 Å². The highest BCUT2D eigenvalue weighted by Gasteiger charge is 2.13. The number of hydrogen-bond acceptors (Lipinski definition) is 2. The summed E-state index contributed by atoms with van der Waals surface area (Å²) in [5.74, 6) is 0.601. The molecule has 0 fully saturated rings. The standard InChI is InChI=1S/C13H19N3/c1-9(2)7-11(14)12-8-15-13-6-4-5-10(3)16(12)13/h4-6,8-9,11H,7,14H2,1-3H3. The minimum atomic E-state index is 0.0658. The fourth-order valence-electron chi connectivity index (χ4n) is 2.12. The van der Waals surface area contributed by atoms with Crippen molar-refractivity contribution >= 4 is 5.65 Å². The molecule has 0 aromatic carbocycles. The van der Waals surface area contributed by atoms with Gasteiger partial charge in [-0.25, -0.2) is 4.98 Å². The molecule has 0 aliphatic heterocycles. The van der Waals surface area contributed by atoms with Crippen LogP contribution in [0.5, 0.6) is 0 Å². The molecule has 0 amide bonds. The Balaban J connectivity index is 2.45. The lowest BCUT2D eigenvalue weighted by Gasteiger charge is -2.14. The van der Waals surface area contributed by atoms with Crippen molar-refractivity contribution in [1.29, 1.82) is 0 Å². The van der Waals surface area contributed by atoms with Crippen LogP contribution in [0.25, 0.3) is 5.65 Å². The SMILES string of the molecule is Cc1cccc2ncc(C(N)CC(C)C)n12. The third-order valence-electron chi connectivity index (χ3n) is 2.86. The smallest absolute Gasteiger partial charge is 0.137 e. The fourth-order valence-corrected chi connectivity index (χ4v) is 2.12. The van der Waals surface area contributed by atoms with Crippen LogP contribution >= 0.6 is 0 Å². The van der Waals surface area contributed by atoms with E-state index in [1.165, 1.54) is 5.69 Å². The van der Waals surface area contributed by atoms with Gasteiger partial charge in [-0.3, -0.25) is 4.40 Å².